The van der Waals surface area contributed by atoms with Crippen molar-refractivity contribution in [1.29, 1.82) is 0 Å². The van der Waals surface area contributed by atoms with E-state index in [4.69, 9.17) is 4.74 Å². The van der Waals surface area contributed by atoms with E-state index in [9.17, 15) is 18.0 Å². The molecule has 134 valence electrons. The Morgan fingerprint density at radius 1 is 1.12 bits per heavy atom. The molecule has 1 amide bonds. The van der Waals surface area contributed by atoms with Crippen molar-refractivity contribution in [2.75, 3.05) is 5.32 Å². The van der Waals surface area contributed by atoms with Crippen molar-refractivity contribution in [2.45, 2.75) is 39.5 Å². The molecule has 6 heteroatoms. The topological polar surface area (TPSA) is 38.3 Å². The van der Waals surface area contributed by atoms with E-state index in [1.54, 1.807) is 13.0 Å². The first-order valence-electron chi connectivity index (χ1n) is 7.92. The molecule has 1 atom stereocenters. The van der Waals surface area contributed by atoms with Crippen LogP contribution in [0.3, 0.4) is 0 Å². The van der Waals surface area contributed by atoms with Gasteiger partial charge in [0.15, 0.2) is 6.10 Å². The third-order valence-electron chi connectivity index (χ3n) is 3.74. The number of carbonyl (C=O) groups is 1. The average Bonchev–Trinajstić information content (AvgIpc) is 2.53. The summed E-state index contributed by atoms with van der Waals surface area (Å²) in [5, 5.41) is 2.59. The Kier molecular flexibility index (Phi) is 5.72. The molecule has 0 heterocycles. The highest BCUT2D eigenvalue weighted by molar-refractivity contribution is 5.94. The first-order valence-corrected chi connectivity index (χ1v) is 7.92. The molecule has 3 nitrogen and oxygen atoms in total. The first kappa shape index (κ1) is 18.8. The smallest absolute Gasteiger partial charge is 0.416 e. The Morgan fingerprint density at radius 2 is 1.76 bits per heavy atom. The van der Waals surface area contributed by atoms with Gasteiger partial charge in [-0.05, 0) is 56.2 Å². The van der Waals surface area contributed by atoms with Crippen molar-refractivity contribution < 1.29 is 22.7 Å². The zero-order valence-corrected chi connectivity index (χ0v) is 14.3. The number of halogens is 3. The first-order chi connectivity index (χ1) is 11.7. The second-order valence-electron chi connectivity index (χ2n) is 5.85. The Hall–Kier alpha value is -2.50. The van der Waals surface area contributed by atoms with E-state index >= 15 is 0 Å². The third kappa shape index (κ3) is 4.98. The Bertz CT molecular complexity index is 739. The molecule has 1 N–H and O–H groups in total. The fourth-order valence-corrected chi connectivity index (χ4v) is 2.37. The molecule has 25 heavy (non-hydrogen) atoms. The van der Waals surface area contributed by atoms with Crippen LogP contribution in [-0.2, 0) is 11.0 Å². The number of hydrogen-bond acceptors (Lipinski definition) is 2. The fourth-order valence-electron chi connectivity index (χ4n) is 2.37. The molecule has 0 aromatic heterocycles. The predicted octanol–water partition coefficient (Wildman–Crippen LogP) is 5.12. The number of hydrogen-bond donors (Lipinski definition) is 1. The van der Waals surface area contributed by atoms with Gasteiger partial charge in [-0.3, -0.25) is 4.79 Å². The maximum Gasteiger partial charge on any atom is 0.416 e. The Balaban J connectivity index is 2.07. The highest BCUT2D eigenvalue weighted by Gasteiger charge is 2.30. The molecule has 0 fully saturated rings. The number of nitrogens with one attached hydrogen (secondary N) is 1. The zero-order chi connectivity index (χ0) is 18.6. The molecular formula is C19H20F3NO2. The molecule has 2 aromatic carbocycles. The number of ether oxygens (including phenoxy) is 1. The van der Waals surface area contributed by atoms with Crippen molar-refractivity contribution in [2.24, 2.45) is 0 Å². The number of anilines is 1. The van der Waals surface area contributed by atoms with Crippen molar-refractivity contribution in [3.63, 3.8) is 0 Å². The number of aryl methyl sites for hydroxylation is 2. The normalized spacial score (nSPS) is 12.6. The number of rotatable bonds is 5. The van der Waals surface area contributed by atoms with Gasteiger partial charge in [0.1, 0.15) is 5.75 Å². The van der Waals surface area contributed by atoms with Crippen LogP contribution in [0.2, 0.25) is 0 Å². The fraction of sp³-hybridized carbons (Fsp3) is 0.316. The van der Waals surface area contributed by atoms with Crippen molar-refractivity contribution >= 4 is 11.6 Å². The van der Waals surface area contributed by atoms with Crippen LogP contribution in [0.1, 0.15) is 30.0 Å². The van der Waals surface area contributed by atoms with Gasteiger partial charge in [-0.15, -0.1) is 0 Å². The van der Waals surface area contributed by atoms with E-state index in [0.717, 1.165) is 23.3 Å². The van der Waals surface area contributed by atoms with Crippen LogP contribution in [0, 0.1) is 13.8 Å². The molecule has 2 aromatic rings. The Morgan fingerprint density at radius 3 is 2.28 bits per heavy atom. The summed E-state index contributed by atoms with van der Waals surface area (Å²) in [5.74, 6) is 0.210. The lowest BCUT2D eigenvalue weighted by Crippen LogP contribution is -2.32. The lowest BCUT2D eigenvalue weighted by molar-refractivity contribution is -0.137. The summed E-state index contributed by atoms with van der Waals surface area (Å²) in [6.07, 6.45) is -4.70. The van der Waals surface area contributed by atoms with Crippen LogP contribution in [0.15, 0.2) is 42.5 Å². The van der Waals surface area contributed by atoms with E-state index in [2.05, 4.69) is 5.32 Å². The number of alkyl halides is 3. The van der Waals surface area contributed by atoms with E-state index in [-0.39, 0.29) is 0 Å². The quantitative estimate of drug-likeness (QED) is 0.812. The van der Waals surface area contributed by atoms with Crippen molar-refractivity contribution in [3.8, 4) is 5.75 Å². The number of carbonyl (C=O) groups excluding carboxylic acids is 1. The van der Waals surface area contributed by atoms with Gasteiger partial charge in [-0.2, -0.15) is 13.2 Å². The van der Waals surface area contributed by atoms with Gasteiger partial charge in [-0.25, -0.2) is 0 Å². The van der Waals surface area contributed by atoms with Crippen LogP contribution in [0.5, 0.6) is 5.75 Å². The summed E-state index contributed by atoms with van der Waals surface area (Å²) in [6, 6.07) is 9.97. The molecule has 0 aliphatic rings. The molecule has 0 radical (unpaired) electrons. The van der Waals surface area contributed by atoms with E-state index < -0.39 is 23.8 Å². The van der Waals surface area contributed by atoms with Gasteiger partial charge in [0.25, 0.3) is 5.91 Å². The monoisotopic (exact) mass is 351 g/mol. The highest BCUT2D eigenvalue weighted by Crippen LogP contribution is 2.30. The largest absolute Gasteiger partial charge is 0.480 e. The van der Waals surface area contributed by atoms with Crippen LogP contribution in [0.4, 0.5) is 18.9 Å². The molecule has 0 aliphatic carbocycles. The van der Waals surface area contributed by atoms with Gasteiger partial charge < -0.3 is 10.1 Å². The lowest BCUT2D eigenvalue weighted by Gasteiger charge is -2.19. The minimum absolute atomic E-state index is 0.292. The minimum Gasteiger partial charge on any atom is -0.480 e. The summed E-state index contributed by atoms with van der Waals surface area (Å²) >= 11 is 0. The summed E-state index contributed by atoms with van der Waals surface area (Å²) in [5.41, 5.74) is 1.54. The zero-order valence-electron chi connectivity index (χ0n) is 14.3. The summed E-state index contributed by atoms with van der Waals surface area (Å²) < 4.78 is 43.5. The Labute approximate surface area is 144 Å². The van der Waals surface area contributed by atoms with Gasteiger partial charge in [0.05, 0.1) is 5.56 Å². The second kappa shape index (κ2) is 7.59. The third-order valence-corrected chi connectivity index (χ3v) is 3.74. The average molecular weight is 351 g/mol. The maximum atomic E-state index is 12.6. The summed E-state index contributed by atoms with van der Waals surface area (Å²) in [6.45, 7) is 5.66. The SMILES string of the molecule is CC[C@@H](Oc1ccc(C)cc1C)C(=O)Nc1ccc(C(F)(F)F)cc1. The predicted molar refractivity (Wildman–Crippen MR) is 90.7 cm³/mol. The molecule has 2 rings (SSSR count). The van der Waals surface area contributed by atoms with Crippen LogP contribution in [-0.4, -0.2) is 12.0 Å². The van der Waals surface area contributed by atoms with Crippen molar-refractivity contribution in [3.05, 3.63) is 59.2 Å². The van der Waals surface area contributed by atoms with E-state index in [0.29, 0.717) is 17.9 Å². The summed E-state index contributed by atoms with van der Waals surface area (Å²) in [4.78, 5) is 12.3. The van der Waals surface area contributed by atoms with E-state index in [1.165, 1.54) is 12.1 Å². The van der Waals surface area contributed by atoms with Crippen LogP contribution >= 0.6 is 0 Å². The van der Waals surface area contributed by atoms with Crippen LogP contribution < -0.4 is 10.1 Å². The number of amides is 1. The second-order valence-corrected chi connectivity index (χ2v) is 5.85. The minimum atomic E-state index is -4.40. The molecule has 0 saturated carbocycles. The molecule has 0 spiro atoms. The molecule has 0 aliphatic heterocycles. The molecule has 0 bridgehead atoms. The maximum absolute atomic E-state index is 12.6. The van der Waals surface area contributed by atoms with Crippen molar-refractivity contribution in [1.82, 2.24) is 0 Å². The molecule has 0 saturated heterocycles. The van der Waals surface area contributed by atoms with Gasteiger partial charge in [0.2, 0.25) is 0 Å². The van der Waals surface area contributed by atoms with Gasteiger partial charge in [-0.1, -0.05) is 24.6 Å². The summed E-state index contributed by atoms with van der Waals surface area (Å²) in [7, 11) is 0. The standard InChI is InChI=1S/C19H20F3NO2/c1-4-16(25-17-10-5-12(2)11-13(17)3)18(24)23-15-8-6-14(7-9-15)19(20,21)22/h5-11,16H,4H2,1-3H3,(H,23,24)/t16-/m1/s1. The highest BCUT2D eigenvalue weighted by atomic mass is 19.4. The van der Waals surface area contributed by atoms with E-state index in [1.807, 2.05) is 26.0 Å². The van der Waals surface area contributed by atoms with Gasteiger partial charge >= 0.3 is 6.18 Å². The molecule has 0 unspecified atom stereocenters. The lowest BCUT2D eigenvalue weighted by atomic mass is 10.1. The van der Waals surface area contributed by atoms with Crippen LogP contribution in [0.25, 0.3) is 0 Å². The van der Waals surface area contributed by atoms with Gasteiger partial charge in [0, 0.05) is 5.69 Å². The molecular weight excluding hydrogens is 331 g/mol. The number of benzene rings is 2.